The average molecular weight is 921 g/mol. The van der Waals surface area contributed by atoms with Gasteiger partial charge in [-0.05, 0) is 66.7 Å². The van der Waals surface area contributed by atoms with Crippen molar-refractivity contribution in [1.82, 2.24) is 24.1 Å². The van der Waals surface area contributed by atoms with Gasteiger partial charge in [0.25, 0.3) is 0 Å². The summed E-state index contributed by atoms with van der Waals surface area (Å²) in [5.41, 5.74) is 14.0. The van der Waals surface area contributed by atoms with Gasteiger partial charge in [-0.1, -0.05) is 152 Å². The summed E-state index contributed by atoms with van der Waals surface area (Å²) in [4.78, 5) is 15.4. The molecule has 5 heterocycles. The fourth-order valence-electron chi connectivity index (χ4n) is 11.0. The monoisotopic (exact) mass is 920 g/mol. The average Bonchev–Trinajstić information content (AvgIpc) is 4.21. The van der Waals surface area contributed by atoms with Crippen molar-refractivity contribution in [3.05, 3.63) is 224 Å². The van der Waals surface area contributed by atoms with E-state index in [0.717, 1.165) is 127 Å². The minimum atomic E-state index is 0.535. The van der Waals surface area contributed by atoms with Crippen molar-refractivity contribution in [2.75, 3.05) is 0 Å². The Labute approximate surface area is 410 Å². The molecule has 15 aromatic rings. The van der Waals surface area contributed by atoms with Gasteiger partial charge in [-0.25, -0.2) is 15.0 Å². The lowest BCUT2D eigenvalue weighted by molar-refractivity contribution is 0.672. The molecule has 8 heteroatoms. The molecular weight excluding hydrogens is 885 g/mol. The summed E-state index contributed by atoms with van der Waals surface area (Å²) in [7, 11) is 0. The topological polar surface area (TPSA) is 98.6 Å². The molecule has 0 atom stereocenters. The molecule has 0 radical (unpaired) electrons. The predicted molar refractivity (Wildman–Crippen MR) is 290 cm³/mol. The van der Waals surface area contributed by atoms with E-state index in [1.54, 1.807) is 0 Å². The van der Waals surface area contributed by atoms with Gasteiger partial charge >= 0.3 is 0 Å². The van der Waals surface area contributed by atoms with E-state index in [1.165, 1.54) is 0 Å². The Morgan fingerprint density at radius 2 is 0.778 bits per heavy atom. The molecule has 5 aromatic heterocycles. The Morgan fingerprint density at radius 1 is 0.347 bits per heavy atom. The van der Waals surface area contributed by atoms with Crippen LogP contribution in [-0.2, 0) is 0 Å². The molecular formula is C64H36N6O2. The summed E-state index contributed by atoms with van der Waals surface area (Å²) in [5.74, 6) is 1.69. The number of furan rings is 2. The van der Waals surface area contributed by atoms with Gasteiger partial charge in [-0.3, -0.25) is 0 Å². The fraction of sp³-hybridized carbons (Fsp3) is 0. The van der Waals surface area contributed by atoms with E-state index < -0.39 is 0 Å². The Kier molecular flexibility index (Phi) is 8.55. The van der Waals surface area contributed by atoms with Crippen LogP contribution in [0.3, 0.4) is 0 Å². The zero-order valence-corrected chi connectivity index (χ0v) is 38.3. The Balaban J connectivity index is 1.05. The zero-order chi connectivity index (χ0) is 47.4. The molecule has 0 aliphatic carbocycles. The third kappa shape index (κ3) is 5.89. The molecule has 0 spiro atoms. The molecule has 334 valence electrons. The van der Waals surface area contributed by atoms with Crippen molar-refractivity contribution in [1.29, 1.82) is 5.26 Å². The lowest BCUT2D eigenvalue weighted by atomic mass is 9.97. The van der Waals surface area contributed by atoms with E-state index in [4.69, 9.17) is 23.8 Å². The largest absolute Gasteiger partial charge is 0.455 e. The zero-order valence-electron chi connectivity index (χ0n) is 38.3. The van der Waals surface area contributed by atoms with Crippen LogP contribution in [0.2, 0.25) is 0 Å². The van der Waals surface area contributed by atoms with Crippen LogP contribution in [-0.4, -0.2) is 24.1 Å². The van der Waals surface area contributed by atoms with Gasteiger partial charge in [0, 0.05) is 60.1 Å². The third-order valence-corrected chi connectivity index (χ3v) is 14.2. The number of nitrogens with zero attached hydrogens (tertiary/aromatic N) is 6. The number of para-hydroxylation sites is 4. The summed E-state index contributed by atoms with van der Waals surface area (Å²) >= 11 is 0. The van der Waals surface area contributed by atoms with E-state index in [1.807, 2.05) is 97.1 Å². The van der Waals surface area contributed by atoms with Crippen LogP contribution in [0, 0.1) is 11.3 Å². The van der Waals surface area contributed by atoms with Crippen LogP contribution in [0.1, 0.15) is 5.56 Å². The summed E-state index contributed by atoms with van der Waals surface area (Å²) in [6, 6.07) is 77.2. The van der Waals surface area contributed by atoms with E-state index in [0.29, 0.717) is 23.0 Å². The Morgan fingerprint density at radius 3 is 1.29 bits per heavy atom. The second kappa shape index (κ2) is 15.5. The molecule has 0 unspecified atom stereocenters. The molecule has 8 nitrogen and oxygen atoms in total. The highest BCUT2D eigenvalue weighted by molar-refractivity contribution is 6.25. The van der Waals surface area contributed by atoms with Gasteiger partial charge in [0.15, 0.2) is 17.5 Å². The van der Waals surface area contributed by atoms with Crippen molar-refractivity contribution in [2.24, 2.45) is 0 Å². The smallest absolute Gasteiger partial charge is 0.164 e. The van der Waals surface area contributed by atoms with Gasteiger partial charge in [0.2, 0.25) is 0 Å². The highest BCUT2D eigenvalue weighted by Gasteiger charge is 2.26. The second-order valence-electron chi connectivity index (χ2n) is 18.2. The number of benzene rings is 10. The minimum Gasteiger partial charge on any atom is -0.455 e. The molecule has 0 amide bonds. The predicted octanol–water partition coefficient (Wildman–Crippen LogP) is 16.4. The lowest BCUT2D eigenvalue weighted by Gasteiger charge is -2.20. The SMILES string of the molecule is N#Cc1ccc(-c2ccc(-c3nc(-c4ccccc4)nc(-c4ccccc4)n3)cc2-n2c3ccccc3c3c4oc5ccccc5c4ccc32)c(-n2c3ccccc3c3c4oc5ccccc5c4ccc32)c1. The normalized spacial score (nSPS) is 11.9. The first-order chi connectivity index (χ1) is 35.7. The van der Waals surface area contributed by atoms with Gasteiger partial charge in [0.05, 0.1) is 55.8 Å². The number of aromatic nitrogens is 5. The Hall–Kier alpha value is -10.1. The van der Waals surface area contributed by atoms with Crippen LogP contribution >= 0.6 is 0 Å². The number of hydrogen-bond donors (Lipinski definition) is 0. The van der Waals surface area contributed by atoms with E-state index in [2.05, 4.69) is 137 Å². The molecule has 0 bridgehead atoms. The molecule has 0 saturated heterocycles. The van der Waals surface area contributed by atoms with Crippen LogP contribution < -0.4 is 0 Å². The molecule has 0 aliphatic rings. The molecule has 15 rings (SSSR count). The quantitative estimate of drug-likeness (QED) is 0.165. The van der Waals surface area contributed by atoms with Gasteiger partial charge in [-0.2, -0.15) is 5.26 Å². The number of rotatable bonds is 6. The maximum atomic E-state index is 10.6. The van der Waals surface area contributed by atoms with Crippen LogP contribution in [0.25, 0.3) is 144 Å². The highest BCUT2D eigenvalue weighted by atomic mass is 16.3. The number of hydrogen-bond acceptors (Lipinski definition) is 6. The highest BCUT2D eigenvalue weighted by Crippen LogP contribution is 2.46. The Bertz CT molecular complexity index is 4710. The van der Waals surface area contributed by atoms with E-state index in [9.17, 15) is 5.26 Å². The van der Waals surface area contributed by atoms with Crippen molar-refractivity contribution in [3.8, 4) is 62.7 Å². The van der Waals surface area contributed by atoms with Crippen molar-refractivity contribution >= 4 is 87.5 Å². The maximum Gasteiger partial charge on any atom is 0.164 e. The van der Waals surface area contributed by atoms with Crippen molar-refractivity contribution in [2.45, 2.75) is 0 Å². The van der Waals surface area contributed by atoms with Crippen LogP contribution in [0.15, 0.2) is 227 Å². The summed E-state index contributed by atoms with van der Waals surface area (Å²) in [6.07, 6.45) is 0. The molecule has 0 N–H and O–H groups in total. The van der Waals surface area contributed by atoms with Crippen molar-refractivity contribution < 1.29 is 8.83 Å². The third-order valence-electron chi connectivity index (χ3n) is 14.2. The maximum absolute atomic E-state index is 10.6. The van der Waals surface area contributed by atoms with Crippen molar-refractivity contribution in [3.63, 3.8) is 0 Å². The first-order valence-corrected chi connectivity index (χ1v) is 23.9. The minimum absolute atomic E-state index is 0.535. The lowest BCUT2D eigenvalue weighted by Crippen LogP contribution is -2.04. The number of nitriles is 1. The number of fused-ring (bicyclic) bond motifs is 14. The standard InChI is InChI=1S/C64H36N6O2/c65-37-38-27-29-42(54(35-38)69-50-23-11-7-21-48(50)58-52(69)33-31-46-44-19-9-13-25-56(44)71-60(46)58)43-30-28-41(64-67-62(39-15-3-1-4-16-39)66-63(68-64)40-17-5-2-6-18-40)36-55(43)70-51-24-12-8-22-49(51)59-53(70)34-32-47-45-20-10-14-26-57(45)72-61(47)59/h1-36H. The summed E-state index contributed by atoms with van der Waals surface area (Å²) in [6.45, 7) is 0. The molecule has 72 heavy (non-hydrogen) atoms. The van der Waals surface area contributed by atoms with Crippen LogP contribution in [0.4, 0.5) is 0 Å². The fourth-order valence-corrected chi connectivity index (χ4v) is 11.0. The molecule has 0 aliphatic heterocycles. The van der Waals surface area contributed by atoms with Gasteiger partial charge in [-0.15, -0.1) is 0 Å². The van der Waals surface area contributed by atoms with Crippen LogP contribution in [0.5, 0.6) is 0 Å². The molecule has 0 fully saturated rings. The first-order valence-electron chi connectivity index (χ1n) is 23.9. The summed E-state index contributed by atoms with van der Waals surface area (Å²) < 4.78 is 18.1. The first kappa shape index (κ1) is 39.9. The summed E-state index contributed by atoms with van der Waals surface area (Å²) in [5, 5.41) is 19.0. The molecule has 10 aromatic carbocycles. The second-order valence-corrected chi connectivity index (χ2v) is 18.2. The van der Waals surface area contributed by atoms with E-state index in [-0.39, 0.29) is 0 Å². The van der Waals surface area contributed by atoms with Gasteiger partial charge < -0.3 is 18.0 Å². The van der Waals surface area contributed by atoms with Gasteiger partial charge in [0.1, 0.15) is 22.3 Å². The molecule has 0 saturated carbocycles. The van der Waals surface area contributed by atoms with E-state index >= 15 is 0 Å².